The van der Waals surface area contributed by atoms with Crippen LogP contribution in [0.3, 0.4) is 0 Å². The molecule has 1 atom stereocenters. The van der Waals surface area contributed by atoms with Gasteiger partial charge in [-0.15, -0.1) is 0 Å². The number of anilines is 1. The van der Waals surface area contributed by atoms with Crippen molar-refractivity contribution in [1.82, 2.24) is 15.5 Å². The first-order valence-corrected chi connectivity index (χ1v) is 8.16. The Hall–Kier alpha value is -2.39. The first-order valence-electron chi connectivity index (χ1n) is 7.79. The number of nitrogens with zero attached hydrogens (tertiary/aromatic N) is 3. The Balaban J connectivity index is 2.01. The molecule has 1 unspecified atom stereocenters. The van der Waals surface area contributed by atoms with Gasteiger partial charge in [0.05, 0.1) is 11.0 Å². The Morgan fingerprint density at radius 2 is 1.92 bits per heavy atom. The van der Waals surface area contributed by atoms with Gasteiger partial charge in [-0.2, -0.15) is 0 Å². The summed E-state index contributed by atoms with van der Waals surface area (Å²) in [5.41, 5.74) is 0.475. The summed E-state index contributed by atoms with van der Waals surface area (Å²) in [6.45, 7) is 3.86. The number of amides is 3. The first-order chi connectivity index (χ1) is 11.8. The number of benzene rings is 1. The van der Waals surface area contributed by atoms with Crippen LogP contribution in [0.5, 0.6) is 0 Å². The van der Waals surface area contributed by atoms with E-state index in [-0.39, 0.29) is 11.6 Å². The molecule has 0 radical (unpaired) electrons. The third-order valence-corrected chi connectivity index (χ3v) is 4.42. The van der Waals surface area contributed by atoms with Crippen LogP contribution in [0.1, 0.15) is 6.92 Å². The van der Waals surface area contributed by atoms with Gasteiger partial charge in [-0.25, -0.2) is 4.79 Å². The Morgan fingerprint density at radius 3 is 2.48 bits per heavy atom. The number of urea groups is 1. The molecule has 2 rings (SSSR count). The molecule has 1 aliphatic rings. The highest BCUT2D eigenvalue weighted by Crippen LogP contribution is 2.31. The summed E-state index contributed by atoms with van der Waals surface area (Å²) < 4.78 is 0. The zero-order chi connectivity index (χ0) is 18.6. The van der Waals surface area contributed by atoms with Gasteiger partial charge in [0.1, 0.15) is 5.69 Å². The van der Waals surface area contributed by atoms with Crippen LogP contribution in [-0.4, -0.2) is 61.0 Å². The van der Waals surface area contributed by atoms with Crippen molar-refractivity contribution in [2.45, 2.75) is 13.0 Å². The maximum atomic E-state index is 12.0. The zero-order valence-corrected chi connectivity index (χ0v) is 14.7. The molecule has 10 heteroatoms. The number of hydrogen-bond donors (Lipinski definition) is 2. The van der Waals surface area contributed by atoms with Crippen LogP contribution in [0.25, 0.3) is 0 Å². The minimum absolute atomic E-state index is 0.0358. The molecule has 0 aliphatic carbocycles. The van der Waals surface area contributed by atoms with E-state index in [4.69, 9.17) is 11.6 Å². The molecule has 1 heterocycles. The maximum Gasteiger partial charge on any atom is 0.321 e. The number of nitro groups is 1. The van der Waals surface area contributed by atoms with Crippen LogP contribution < -0.4 is 15.5 Å². The summed E-state index contributed by atoms with van der Waals surface area (Å²) in [6.07, 6.45) is 0. The lowest BCUT2D eigenvalue weighted by Crippen LogP contribution is -2.55. The third kappa shape index (κ3) is 4.58. The number of hydrogen-bond acceptors (Lipinski definition) is 6. The monoisotopic (exact) mass is 369 g/mol. The molecular weight excluding hydrogens is 350 g/mol. The van der Waals surface area contributed by atoms with E-state index < -0.39 is 17.0 Å². The minimum Gasteiger partial charge on any atom is -0.363 e. The lowest BCUT2D eigenvalue weighted by Gasteiger charge is -2.38. The Bertz CT molecular complexity index is 676. The second-order valence-electron chi connectivity index (χ2n) is 5.66. The predicted molar refractivity (Wildman–Crippen MR) is 94.0 cm³/mol. The van der Waals surface area contributed by atoms with Crippen molar-refractivity contribution in [2.24, 2.45) is 0 Å². The second kappa shape index (κ2) is 8.13. The molecule has 1 saturated heterocycles. The number of nitro benzene ring substituents is 1. The Kier molecular flexibility index (Phi) is 6.16. The molecule has 1 fully saturated rings. The number of imide groups is 1. The smallest absolute Gasteiger partial charge is 0.321 e. The van der Waals surface area contributed by atoms with Crippen LogP contribution in [-0.2, 0) is 4.79 Å². The van der Waals surface area contributed by atoms with Gasteiger partial charge in [0.15, 0.2) is 0 Å². The van der Waals surface area contributed by atoms with Gasteiger partial charge in [-0.3, -0.25) is 25.1 Å². The molecule has 3 amide bonds. The lowest BCUT2D eigenvalue weighted by molar-refractivity contribution is -0.384. The minimum atomic E-state index is -0.549. The molecule has 1 aromatic rings. The molecule has 9 nitrogen and oxygen atoms in total. The summed E-state index contributed by atoms with van der Waals surface area (Å²) in [5, 5.41) is 16.1. The Morgan fingerprint density at radius 1 is 1.28 bits per heavy atom. The van der Waals surface area contributed by atoms with Crippen LogP contribution in [0.15, 0.2) is 18.2 Å². The van der Waals surface area contributed by atoms with Gasteiger partial charge in [0.2, 0.25) is 5.91 Å². The van der Waals surface area contributed by atoms with Gasteiger partial charge < -0.3 is 10.2 Å². The van der Waals surface area contributed by atoms with Gasteiger partial charge in [-0.1, -0.05) is 11.6 Å². The molecular formula is C15H20ClN5O4. The first kappa shape index (κ1) is 18.9. The Labute approximate surface area is 150 Å². The van der Waals surface area contributed by atoms with Crippen LogP contribution in [0.2, 0.25) is 5.02 Å². The fraction of sp³-hybridized carbons (Fsp3) is 0.467. The second-order valence-corrected chi connectivity index (χ2v) is 6.09. The average molecular weight is 370 g/mol. The summed E-state index contributed by atoms with van der Waals surface area (Å²) in [5.74, 6) is -0.384. The zero-order valence-electron chi connectivity index (χ0n) is 14.0. The van der Waals surface area contributed by atoms with E-state index in [0.717, 1.165) is 0 Å². The molecule has 1 aromatic carbocycles. The highest BCUT2D eigenvalue weighted by Gasteiger charge is 2.28. The topological polar surface area (TPSA) is 108 Å². The number of rotatable bonds is 4. The number of carbonyl (C=O) groups is 2. The van der Waals surface area contributed by atoms with Crippen LogP contribution in [0.4, 0.5) is 16.2 Å². The lowest BCUT2D eigenvalue weighted by atomic mass is 10.2. The quantitative estimate of drug-likeness (QED) is 0.610. The number of piperazine rings is 1. The normalized spacial score (nSPS) is 16.2. The molecule has 0 saturated carbocycles. The van der Waals surface area contributed by atoms with Gasteiger partial charge in [-0.05, 0) is 19.1 Å². The number of halogens is 1. The molecule has 0 aromatic heterocycles. The van der Waals surface area contributed by atoms with E-state index in [1.54, 1.807) is 19.1 Å². The van der Waals surface area contributed by atoms with Crippen molar-refractivity contribution < 1.29 is 14.5 Å². The van der Waals surface area contributed by atoms with Crippen molar-refractivity contribution in [1.29, 1.82) is 0 Å². The summed E-state index contributed by atoms with van der Waals surface area (Å²) in [7, 11) is 1.44. The van der Waals surface area contributed by atoms with Crippen molar-refractivity contribution in [3.63, 3.8) is 0 Å². The van der Waals surface area contributed by atoms with Crippen molar-refractivity contribution >= 4 is 34.9 Å². The average Bonchev–Trinajstić information content (AvgIpc) is 2.60. The van der Waals surface area contributed by atoms with Gasteiger partial charge in [0, 0.05) is 44.3 Å². The standard InChI is InChI=1S/C15H20ClN5O4/c1-10(14(22)18-15(23)17-2)19-5-7-20(8-6-19)12-4-3-11(16)9-13(12)21(24)25/h3-4,9-10H,5-8H2,1-2H3,(H2,17,18,22,23). The maximum absolute atomic E-state index is 12.0. The van der Waals surface area contributed by atoms with Crippen LogP contribution >= 0.6 is 11.6 Å². The molecule has 0 bridgehead atoms. The van der Waals surface area contributed by atoms with E-state index in [1.165, 1.54) is 13.1 Å². The summed E-state index contributed by atoms with van der Waals surface area (Å²) in [6, 6.07) is 3.57. The molecule has 0 spiro atoms. The predicted octanol–water partition coefficient (Wildman–Crippen LogP) is 1.21. The highest BCUT2D eigenvalue weighted by molar-refractivity contribution is 6.30. The summed E-state index contributed by atoms with van der Waals surface area (Å²) in [4.78, 5) is 37.8. The largest absolute Gasteiger partial charge is 0.363 e. The van der Waals surface area contributed by atoms with Crippen molar-refractivity contribution in [3.05, 3.63) is 33.3 Å². The van der Waals surface area contributed by atoms with E-state index in [9.17, 15) is 19.7 Å². The van der Waals surface area contributed by atoms with Crippen molar-refractivity contribution in [2.75, 3.05) is 38.1 Å². The summed E-state index contributed by atoms with van der Waals surface area (Å²) >= 11 is 5.84. The van der Waals surface area contributed by atoms with Gasteiger partial charge in [0.25, 0.3) is 5.69 Å². The van der Waals surface area contributed by atoms with Crippen LogP contribution in [0, 0.1) is 10.1 Å². The molecule has 1 aliphatic heterocycles. The van der Waals surface area contributed by atoms with E-state index >= 15 is 0 Å². The molecule has 136 valence electrons. The molecule has 25 heavy (non-hydrogen) atoms. The van der Waals surface area contributed by atoms with Gasteiger partial charge >= 0.3 is 6.03 Å². The van der Waals surface area contributed by atoms with Crippen molar-refractivity contribution in [3.8, 4) is 0 Å². The fourth-order valence-corrected chi connectivity index (χ4v) is 2.87. The third-order valence-electron chi connectivity index (χ3n) is 4.18. The van der Waals surface area contributed by atoms with E-state index in [2.05, 4.69) is 10.6 Å². The molecule has 2 N–H and O–H groups in total. The number of nitrogens with one attached hydrogen (secondary N) is 2. The van der Waals surface area contributed by atoms with E-state index in [1.807, 2.05) is 9.80 Å². The van der Waals surface area contributed by atoms with E-state index in [0.29, 0.717) is 36.9 Å². The SMILES string of the molecule is CNC(=O)NC(=O)C(C)N1CCN(c2ccc(Cl)cc2[N+](=O)[O-])CC1. The number of carbonyl (C=O) groups excluding carboxylic acids is 2. The highest BCUT2D eigenvalue weighted by atomic mass is 35.5. The fourth-order valence-electron chi connectivity index (χ4n) is 2.71.